The second kappa shape index (κ2) is 7.24. The van der Waals surface area contributed by atoms with Crippen molar-refractivity contribution in [2.75, 3.05) is 20.1 Å². The van der Waals surface area contributed by atoms with Gasteiger partial charge in [-0.15, -0.1) is 0 Å². The number of aliphatic hydroxyl groups excluding tert-OH is 1. The van der Waals surface area contributed by atoms with Gasteiger partial charge in [-0.05, 0) is 38.8 Å². The fourth-order valence-corrected chi connectivity index (χ4v) is 2.53. The summed E-state index contributed by atoms with van der Waals surface area (Å²) < 4.78 is 0. The molecule has 0 bridgehead atoms. The van der Waals surface area contributed by atoms with Crippen LogP contribution in [0.4, 0.5) is 0 Å². The predicted octanol–water partition coefficient (Wildman–Crippen LogP) is 2.66. The summed E-state index contributed by atoms with van der Waals surface area (Å²) in [7, 11) is 2.19. The molecule has 0 saturated heterocycles. The van der Waals surface area contributed by atoms with Crippen molar-refractivity contribution in [3.8, 4) is 0 Å². The van der Waals surface area contributed by atoms with Crippen LogP contribution < -0.4 is 0 Å². The Hall–Kier alpha value is -0.0800. The summed E-state index contributed by atoms with van der Waals surface area (Å²) in [5.74, 6) is 0.543. The van der Waals surface area contributed by atoms with E-state index >= 15 is 0 Å². The Bertz CT molecular complexity index is 161. The van der Waals surface area contributed by atoms with E-state index in [1.165, 1.54) is 45.1 Å². The first kappa shape index (κ1) is 13.0. The van der Waals surface area contributed by atoms with Gasteiger partial charge in [0.2, 0.25) is 0 Å². The van der Waals surface area contributed by atoms with Crippen molar-refractivity contribution < 1.29 is 5.11 Å². The first-order valence-corrected chi connectivity index (χ1v) is 6.60. The zero-order valence-corrected chi connectivity index (χ0v) is 10.4. The largest absolute Gasteiger partial charge is 0.393 e. The van der Waals surface area contributed by atoms with Gasteiger partial charge in [-0.3, -0.25) is 0 Å². The maximum atomic E-state index is 9.72. The van der Waals surface area contributed by atoms with E-state index in [0.717, 1.165) is 13.0 Å². The quantitative estimate of drug-likeness (QED) is 0.657. The summed E-state index contributed by atoms with van der Waals surface area (Å²) in [6.07, 6.45) is 8.78. The third-order valence-corrected chi connectivity index (χ3v) is 3.56. The van der Waals surface area contributed by atoms with E-state index in [9.17, 15) is 5.11 Å². The van der Waals surface area contributed by atoms with Crippen LogP contribution in [0.1, 0.15) is 51.9 Å². The Labute approximate surface area is 94.7 Å². The third-order valence-electron chi connectivity index (χ3n) is 3.56. The van der Waals surface area contributed by atoms with Crippen LogP contribution in [0.5, 0.6) is 0 Å². The molecule has 0 aromatic rings. The van der Waals surface area contributed by atoms with Crippen LogP contribution >= 0.6 is 0 Å². The van der Waals surface area contributed by atoms with E-state index in [1.54, 1.807) is 0 Å². The van der Waals surface area contributed by atoms with Crippen LogP contribution in [0.25, 0.3) is 0 Å². The van der Waals surface area contributed by atoms with E-state index < -0.39 is 0 Å². The van der Waals surface area contributed by atoms with E-state index in [1.807, 2.05) is 0 Å². The minimum atomic E-state index is -0.0249. The summed E-state index contributed by atoms with van der Waals surface area (Å²) in [4.78, 5) is 2.40. The second-order valence-corrected chi connectivity index (χ2v) is 5.08. The minimum Gasteiger partial charge on any atom is -0.393 e. The first-order valence-electron chi connectivity index (χ1n) is 6.60. The number of rotatable bonds is 7. The Kier molecular flexibility index (Phi) is 6.26. The Morgan fingerprint density at radius 3 is 2.60 bits per heavy atom. The summed E-state index contributed by atoms with van der Waals surface area (Å²) in [6, 6.07) is 0. The zero-order valence-electron chi connectivity index (χ0n) is 10.4. The Balaban J connectivity index is 2.04. The van der Waals surface area contributed by atoms with E-state index in [4.69, 9.17) is 0 Å². The number of hydrogen-bond donors (Lipinski definition) is 1. The summed E-state index contributed by atoms with van der Waals surface area (Å²) in [6.45, 7) is 4.54. The molecule has 0 heterocycles. The van der Waals surface area contributed by atoms with Crippen molar-refractivity contribution in [3.63, 3.8) is 0 Å². The molecular formula is C13H27NO. The summed E-state index contributed by atoms with van der Waals surface area (Å²) >= 11 is 0. The molecule has 1 rings (SSSR count). The van der Waals surface area contributed by atoms with E-state index in [2.05, 4.69) is 18.9 Å². The highest BCUT2D eigenvalue weighted by Gasteiger charge is 2.25. The molecule has 0 aromatic carbocycles. The van der Waals surface area contributed by atoms with Crippen molar-refractivity contribution in [2.45, 2.75) is 58.0 Å². The molecule has 2 heteroatoms. The van der Waals surface area contributed by atoms with Gasteiger partial charge in [0.15, 0.2) is 0 Å². The summed E-state index contributed by atoms with van der Waals surface area (Å²) in [5.41, 5.74) is 0. The van der Waals surface area contributed by atoms with Gasteiger partial charge < -0.3 is 10.0 Å². The first-order chi connectivity index (χ1) is 7.24. The maximum absolute atomic E-state index is 9.72. The molecule has 1 aliphatic carbocycles. The second-order valence-electron chi connectivity index (χ2n) is 5.08. The van der Waals surface area contributed by atoms with Gasteiger partial charge in [-0.1, -0.05) is 32.6 Å². The van der Waals surface area contributed by atoms with Crippen molar-refractivity contribution in [3.05, 3.63) is 0 Å². The molecule has 2 unspecified atom stereocenters. The SMILES string of the molecule is CCCCCCN(C)CC1CCCC1O. The van der Waals surface area contributed by atoms with E-state index in [0.29, 0.717) is 5.92 Å². The van der Waals surface area contributed by atoms with Gasteiger partial charge >= 0.3 is 0 Å². The zero-order chi connectivity index (χ0) is 11.1. The van der Waals surface area contributed by atoms with Gasteiger partial charge in [0.1, 0.15) is 0 Å². The highest BCUT2D eigenvalue weighted by atomic mass is 16.3. The highest BCUT2D eigenvalue weighted by molar-refractivity contribution is 4.78. The van der Waals surface area contributed by atoms with Crippen LogP contribution in [0, 0.1) is 5.92 Å². The lowest BCUT2D eigenvalue weighted by Crippen LogP contribution is -2.30. The van der Waals surface area contributed by atoms with Gasteiger partial charge in [-0.25, -0.2) is 0 Å². The molecule has 1 N–H and O–H groups in total. The van der Waals surface area contributed by atoms with Gasteiger partial charge in [0.25, 0.3) is 0 Å². The molecule has 0 spiro atoms. The molecule has 2 atom stereocenters. The Morgan fingerprint density at radius 2 is 2.00 bits per heavy atom. The lowest BCUT2D eigenvalue weighted by molar-refractivity contribution is 0.109. The van der Waals surface area contributed by atoms with E-state index in [-0.39, 0.29) is 6.10 Å². The smallest absolute Gasteiger partial charge is 0.0580 e. The fourth-order valence-electron chi connectivity index (χ4n) is 2.53. The Morgan fingerprint density at radius 1 is 1.20 bits per heavy atom. The standard InChI is InChI=1S/C13H27NO/c1-3-4-5-6-10-14(2)11-12-8-7-9-13(12)15/h12-13,15H,3-11H2,1-2H3. The molecule has 90 valence electrons. The van der Waals surface area contributed by atoms with Crippen LogP contribution in [-0.4, -0.2) is 36.2 Å². The average Bonchev–Trinajstić information content (AvgIpc) is 2.59. The molecule has 1 fully saturated rings. The van der Waals surface area contributed by atoms with Crippen LogP contribution in [0.2, 0.25) is 0 Å². The predicted molar refractivity (Wildman–Crippen MR) is 65.0 cm³/mol. The molecule has 0 aromatic heterocycles. The topological polar surface area (TPSA) is 23.5 Å². The molecule has 15 heavy (non-hydrogen) atoms. The molecule has 1 aliphatic rings. The van der Waals surface area contributed by atoms with Crippen molar-refractivity contribution >= 4 is 0 Å². The van der Waals surface area contributed by atoms with Crippen LogP contribution in [0.15, 0.2) is 0 Å². The summed E-state index contributed by atoms with van der Waals surface area (Å²) in [5, 5.41) is 9.72. The van der Waals surface area contributed by atoms with Gasteiger partial charge in [-0.2, -0.15) is 0 Å². The number of aliphatic hydroxyl groups is 1. The minimum absolute atomic E-state index is 0.0249. The number of hydrogen-bond acceptors (Lipinski definition) is 2. The molecular weight excluding hydrogens is 186 g/mol. The van der Waals surface area contributed by atoms with Crippen LogP contribution in [0.3, 0.4) is 0 Å². The lowest BCUT2D eigenvalue weighted by Gasteiger charge is -2.22. The lowest BCUT2D eigenvalue weighted by atomic mass is 10.1. The normalized spacial score (nSPS) is 26.4. The van der Waals surface area contributed by atoms with Crippen molar-refractivity contribution in [2.24, 2.45) is 5.92 Å². The van der Waals surface area contributed by atoms with Gasteiger partial charge in [0, 0.05) is 6.54 Å². The van der Waals surface area contributed by atoms with Crippen LogP contribution in [-0.2, 0) is 0 Å². The van der Waals surface area contributed by atoms with Crippen molar-refractivity contribution in [1.82, 2.24) is 4.90 Å². The molecule has 0 radical (unpaired) electrons. The number of unbranched alkanes of at least 4 members (excludes halogenated alkanes) is 3. The maximum Gasteiger partial charge on any atom is 0.0580 e. The molecule has 0 aliphatic heterocycles. The number of nitrogens with zero attached hydrogens (tertiary/aromatic N) is 1. The molecule has 0 amide bonds. The van der Waals surface area contributed by atoms with Crippen molar-refractivity contribution in [1.29, 1.82) is 0 Å². The monoisotopic (exact) mass is 213 g/mol. The molecule has 1 saturated carbocycles. The fraction of sp³-hybridized carbons (Fsp3) is 1.00. The third kappa shape index (κ3) is 4.98. The average molecular weight is 213 g/mol. The molecule has 2 nitrogen and oxygen atoms in total. The van der Waals surface area contributed by atoms with Gasteiger partial charge in [0.05, 0.1) is 6.10 Å². The highest BCUT2D eigenvalue weighted by Crippen LogP contribution is 2.25.